The highest BCUT2D eigenvalue weighted by atomic mass is 16.5. The number of pyridine rings is 2. The molecule has 0 aliphatic carbocycles. The van der Waals surface area contributed by atoms with Crippen LogP contribution in [0.2, 0.25) is 0 Å². The number of benzene rings is 1. The van der Waals surface area contributed by atoms with Crippen LogP contribution in [0.1, 0.15) is 10.4 Å². The number of amides is 1. The van der Waals surface area contributed by atoms with Crippen molar-refractivity contribution in [3.05, 3.63) is 82.2 Å². The zero-order chi connectivity index (χ0) is 20.7. The molecule has 1 amide bonds. The summed E-state index contributed by atoms with van der Waals surface area (Å²) in [6, 6.07) is 16.0. The van der Waals surface area contributed by atoms with Crippen molar-refractivity contribution < 1.29 is 9.53 Å². The molecule has 8 nitrogen and oxygen atoms in total. The van der Waals surface area contributed by atoms with Crippen LogP contribution in [0.3, 0.4) is 0 Å². The molecule has 1 fully saturated rings. The van der Waals surface area contributed by atoms with Crippen molar-refractivity contribution in [3.63, 3.8) is 0 Å². The minimum Gasteiger partial charge on any atom is -0.378 e. The average Bonchev–Trinajstić information content (AvgIpc) is 2.80. The number of hydrogen-bond acceptors (Lipinski definition) is 5. The van der Waals surface area contributed by atoms with Crippen LogP contribution in [0.4, 0.5) is 0 Å². The predicted molar refractivity (Wildman–Crippen MR) is 111 cm³/mol. The number of nitrogens with one attached hydrogen (secondary N) is 1. The number of nitrogens with zero attached hydrogens (tertiary/aromatic N) is 4. The minimum atomic E-state index is -0.285. The monoisotopic (exact) mass is 401 g/mol. The first-order chi connectivity index (χ1) is 14.6. The molecule has 1 aliphatic rings. The molecule has 8 heteroatoms. The highest BCUT2D eigenvalue weighted by Crippen LogP contribution is 2.16. The van der Waals surface area contributed by atoms with Crippen LogP contribution in [-0.4, -0.2) is 51.1 Å². The average molecular weight is 401 g/mol. The summed E-state index contributed by atoms with van der Waals surface area (Å²) in [5.74, 6) is -0.285. The fourth-order valence-electron chi connectivity index (χ4n) is 3.76. The summed E-state index contributed by atoms with van der Waals surface area (Å²) in [6.45, 7) is 1.83. The third-order valence-corrected chi connectivity index (χ3v) is 5.27. The second-order valence-electron chi connectivity index (χ2n) is 7.07. The molecule has 1 aromatic carbocycles. The molecule has 1 saturated heterocycles. The second kappa shape index (κ2) is 7.23. The highest BCUT2D eigenvalue weighted by molar-refractivity contribution is 5.97. The summed E-state index contributed by atoms with van der Waals surface area (Å²) >= 11 is 0. The molecule has 4 heterocycles. The Morgan fingerprint density at radius 2 is 1.77 bits per heavy atom. The van der Waals surface area contributed by atoms with E-state index in [0.29, 0.717) is 43.3 Å². The Labute approximate surface area is 171 Å². The van der Waals surface area contributed by atoms with E-state index in [0.717, 1.165) is 0 Å². The van der Waals surface area contributed by atoms with Crippen molar-refractivity contribution in [2.75, 3.05) is 26.3 Å². The van der Waals surface area contributed by atoms with Crippen molar-refractivity contribution in [1.29, 1.82) is 5.41 Å². The van der Waals surface area contributed by atoms with Gasteiger partial charge in [-0.3, -0.25) is 24.0 Å². The molecule has 0 saturated carbocycles. The number of carbonyl (C=O) groups excluding carboxylic acids is 1. The molecule has 0 unspecified atom stereocenters. The third-order valence-electron chi connectivity index (χ3n) is 5.27. The van der Waals surface area contributed by atoms with Crippen molar-refractivity contribution >= 4 is 22.6 Å². The summed E-state index contributed by atoms with van der Waals surface area (Å²) in [6.07, 6.45) is 1.65. The molecule has 5 rings (SSSR count). The first-order valence-corrected chi connectivity index (χ1v) is 9.69. The van der Waals surface area contributed by atoms with Gasteiger partial charge in [-0.05, 0) is 30.3 Å². The van der Waals surface area contributed by atoms with Crippen LogP contribution in [-0.2, 0) is 4.74 Å². The van der Waals surface area contributed by atoms with Crippen LogP contribution in [0.15, 0.2) is 65.6 Å². The number of ether oxygens (including phenoxy) is 1. The van der Waals surface area contributed by atoms with Crippen molar-refractivity contribution in [3.8, 4) is 5.69 Å². The highest BCUT2D eigenvalue weighted by Gasteiger charge is 2.23. The Hall–Kier alpha value is -3.78. The first-order valence-electron chi connectivity index (χ1n) is 9.69. The number of rotatable bonds is 2. The zero-order valence-electron chi connectivity index (χ0n) is 16.1. The fourth-order valence-corrected chi connectivity index (χ4v) is 3.76. The van der Waals surface area contributed by atoms with Gasteiger partial charge in [-0.25, -0.2) is 4.98 Å². The SMILES string of the molecule is N=c1c(C(=O)N2CCOCC2)cc2c(=O)n3ccccc3nc2n1-c1ccccc1. The van der Waals surface area contributed by atoms with Gasteiger partial charge in [-0.15, -0.1) is 0 Å². The Kier molecular flexibility index (Phi) is 4.40. The minimum absolute atomic E-state index is 0.00243. The van der Waals surface area contributed by atoms with E-state index in [2.05, 4.69) is 4.98 Å². The van der Waals surface area contributed by atoms with Crippen molar-refractivity contribution in [2.45, 2.75) is 0 Å². The standard InChI is InChI=1S/C22H19N5O3/c23-19-16(21(28)25-10-12-30-13-11-25)14-17-20(27(19)15-6-2-1-3-7-15)24-18-8-4-5-9-26(18)22(17)29/h1-9,14,23H,10-13H2. The molecule has 1 aliphatic heterocycles. The van der Waals surface area contributed by atoms with Gasteiger partial charge in [-0.2, -0.15) is 0 Å². The molecule has 1 N–H and O–H groups in total. The predicted octanol–water partition coefficient (Wildman–Crippen LogP) is 1.59. The quantitative estimate of drug-likeness (QED) is 0.516. The van der Waals surface area contributed by atoms with Crippen LogP contribution in [0.5, 0.6) is 0 Å². The lowest BCUT2D eigenvalue weighted by molar-refractivity contribution is 0.0301. The molecule has 0 spiro atoms. The van der Waals surface area contributed by atoms with Gasteiger partial charge in [0.05, 0.1) is 24.2 Å². The topological polar surface area (TPSA) is 92.7 Å². The van der Waals surface area contributed by atoms with Crippen LogP contribution >= 0.6 is 0 Å². The van der Waals surface area contributed by atoms with Gasteiger partial charge in [-0.1, -0.05) is 24.3 Å². The maximum absolute atomic E-state index is 13.2. The molecule has 0 bridgehead atoms. The smallest absolute Gasteiger partial charge is 0.267 e. The van der Waals surface area contributed by atoms with E-state index in [1.165, 1.54) is 10.5 Å². The molecular formula is C22H19N5O3. The molecule has 30 heavy (non-hydrogen) atoms. The van der Waals surface area contributed by atoms with E-state index in [9.17, 15) is 9.59 Å². The summed E-state index contributed by atoms with van der Waals surface area (Å²) in [5.41, 5.74) is 1.38. The summed E-state index contributed by atoms with van der Waals surface area (Å²) in [4.78, 5) is 32.8. The summed E-state index contributed by atoms with van der Waals surface area (Å²) in [7, 11) is 0. The molecule has 4 aromatic rings. The number of para-hydroxylation sites is 1. The van der Waals surface area contributed by atoms with E-state index in [4.69, 9.17) is 10.1 Å². The number of fused-ring (bicyclic) bond motifs is 2. The van der Waals surface area contributed by atoms with E-state index >= 15 is 0 Å². The van der Waals surface area contributed by atoms with Crippen LogP contribution in [0.25, 0.3) is 22.4 Å². The number of hydrogen-bond donors (Lipinski definition) is 1. The molecule has 0 radical (unpaired) electrons. The van der Waals surface area contributed by atoms with Gasteiger partial charge in [0.15, 0.2) is 5.65 Å². The van der Waals surface area contributed by atoms with Crippen LogP contribution in [0, 0.1) is 5.41 Å². The molecule has 150 valence electrons. The maximum Gasteiger partial charge on any atom is 0.267 e. The van der Waals surface area contributed by atoms with E-state index in [1.54, 1.807) is 33.9 Å². The van der Waals surface area contributed by atoms with Crippen molar-refractivity contribution in [2.24, 2.45) is 0 Å². The molecule has 0 atom stereocenters. The fraction of sp³-hybridized carbons (Fsp3) is 0.182. The van der Waals surface area contributed by atoms with Gasteiger partial charge < -0.3 is 9.64 Å². The maximum atomic E-state index is 13.2. The van der Waals surface area contributed by atoms with E-state index in [-0.39, 0.29) is 27.9 Å². The Balaban J connectivity index is 1.86. The Bertz CT molecular complexity index is 1390. The Morgan fingerprint density at radius 3 is 2.53 bits per heavy atom. The first kappa shape index (κ1) is 18.3. The van der Waals surface area contributed by atoms with Gasteiger partial charge in [0, 0.05) is 25.0 Å². The molecule has 3 aromatic heterocycles. The number of carbonyl (C=O) groups is 1. The van der Waals surface area contributed by atoms with E-state index in [1.807, 2.05) is 30.3 Å². The van der Waals surface area contributed by atoms with Crippen molar-refractivity contribution in [1.82, 2.24) is 18.9 Å². The lowest BCUT2D eigenvalue weighted by Gasteiger charge is -2.27. The lowest BCUT2D eigenvalue weighted by atomic mass is 10.1. The summed E-state index contributed by atoms with van der Waals surface area (Å²) < 4.78 is 8.35. The lowest BCUT2D eigenvalue weighted by Crippen LogP contribution is -2.43. The Morgan fingerprint density at radius 1 is 1.03 bits per heavy atom. The van der Waals surface area contributed by atoms with Gasteiger partial charge in [0.2, 0.25) is 0 Å². The van der Waals surface area contributed by atoms with Gasteiger partial charge in [0.1, 0.15) is 11.1 Å². The largest absolute Gasteiger partial charge is 0.378 e. The van der Waals surface area contributed by atoms with Crippen LogP contribution < -0.4 is 11.0 Å². The third kappa shape index (κ3) is 2.89. The number of morpholine rings is 1. The number of aromatic nitrogens is 3. The summed E-state index contributed by atoms with van der Waals surface area (Å²) in [5, 5.41) is 9.12. The van der Waals surface area contributed by atoms with E-state index < -0.39 is 0 Å². The van der Waals surface area contributed by atoms with Gasteiger partial charge in [0.25, 0.3) is 11.5 Å². The van der Waals surface area contributed by atoms with Gasteiger partial charge >= 0.3 is 0 Å². The second-order valence-corrected chi connectivity index (χ2v) is 7.07. The zero-order valence-corrected chi connectivity index (χ0v) is 16.1. The normalized spacial score (nSPS) is 14.3. The molecular weight excluding hydrogens is 382 g/mol.